The van der Waals surface area contributed by atoms with Crippen LogP contribution in [-0.4, -0.2) is 22.3 Å². The molecule has 0 radical (unpaired) electrons. The number of hydrogen-bond donors (Lipinski definition) is 0. The van der Waals surface area contributed by atoms with Crippen LogP contribution in [0, 0.1) is 6.92 Å². The van der Waals surface area contributed by atoms with E-state index < -0.39 is 0 Å². The average Bonchev–Trinajstić information content (AvgIpc) is 2.23. The van der Waals surface area contributed by atoms with Crippen molar-refractivity contribution in [2.45, 2.75) is 25.7 Å². The lowest BCUT2D eigenvalue weighted by atomic mass is 10.2. The Morgan fingerprint density at radius 2 is 1.87 bits per heavy atom. The van der Waals surface area contributed by atoms with Gasteiger partial charge in [0, 0.05) is 18.0 Å². The predicted molar refractivity (Wildman–Crippen MR) is 72.6 cm³/mol. The van der Waals surface area contributed by atoms with E-state index in [1.807, 2.05) is 0 Å². The molecule has 3 heteroatoms. The molecular weight excluding hydrogens is 222 g/mol. The first-order valence-corrected chi connectivity index (χ1v) is 6.43. The summed E-state index contributed by atoms with van der Waals surface area (Å²) in [5, 5.41) is 0. The maximum Gasteiger partial charge on any atom is 0.141 e. The van der Waals surface area contributed by atoms with E-state index in [4.69, 9.17) is 12.2 Å². The first kappa shape index (κ1) is 12.5. The highest BCUT2D eigenvalue weighted by molar-refractivity contribution is 8.23. The van der Waals surface area contributed by atoms with Gasteiger partial charge in [-0.1, -0.05) is 42.2 Å². The molecule has 1 aromatic carbocycles. The van der Waals surface area contributed by atoms with E-state index in [0.717, 1.165) is 17.4 Å². The van der Waals surface area contributed by atoms with Crippen LogP contribution in [0.5, 0.6) is 0 Å². The number of benzene rings is 1. The first-order valence-electron chi connectivity index (χ1n) is 5.21. The van der Waals surface area contributed by atoms with Crippen molar-refractivity contribution in [1.29, 1.82) is 0 Å². The van der Waals surface area contributed by atoms with Crippen LogP contribution in [-0.2, 0) is 0 Å². The van der Waals surface area contributed by atoms with Gasteiger partial charge in [-0.15, -0.1) is 0 Å². The molecule has 0 aliphatic rings. The Bertz CT molecular complexity index is 332. The third kappa shape index (κ3) is 3.50. The van der Waals surface area contributed by atoms with Crippen molar-refractivity contribution in [2.24, 2.45) is 0 Å². The molecule has 0 spiro atoms. The second-order valence-corrected chi connectivity index (χ2v) is 4.98. The summed E-state index contributed by atoms with van der Waals surface area (Å²) in [5.74, 6) is 0. The standard InChI is InChI=1S/C12H17NS2/c1-4-13(5-2)12(14)15-11-9-7-6-8-10(11)3/h6-9H,4-5H2,1-3H3. The Morgan fingerprint density at radius 3 is 2.40 bits per heavy atom. The van der Waals surface area contributed by atoms with Crippen LogP contribution < -0.4 is 0 Å². The highest BCUT2D eigenvalue weighted by atomic mass is 32.2. The minimum absolute atomic E-state index is 0.967. The fourth-order valence-corrected chi connectivity index (χ4v) is 2.79. The molecule has 0 N–H and O–H groups in total. The molecule has 0 aliphatic heterocycles. The number of nitrogens with zero attached hydrogens (tertiary/aromatic N) is 1. The Hall–Kier alpha value is -0.540. The van der Waals surface area contributed by atoms with E-state index in [9.17, 15) is 0 Å². The van der Waals surface area contributed by atoms with Gasteiger partial charge in [-0.2, -0.15) is 0 Å². The third-order valence-electron chi connectivity index (χ3n) is 2.31. The molecule has 0 fully saturated rings. The predicted octanol–water partition coefficient (Wildman–Crippen LogP) is 3.71. The zero-order chi connectivity index (χ0) is 11.3. The molecule has 0 unspecified atom stereocenters. The van der Waals surface area contributed by atoms with E-state index >= 15 is 0 Å². The lowest BCUT2D eigenvalue weighted by Gasteiger charge is -2.21. The van der Waals surface area contributed by atoms with Gasteiger partial charge in [0.05, 0.1) is 0 Å². The van der Waals surface area contributed by atoms with Crippen LogP contribution in [0.2, 0.25) is 0 Å². The Balaban J connectivity index is 2.70. The summed E-state index contributed by atoms with van der Waals surface area (Å²) in [4.78, 5) is 3.46. The van der Waals surface area contributed by atoms with Gasteiger partial charge >= 0.3 is 0 Å². The SMILES string of the molecule is CCN(CC)C(=S)Sc1ccccc1C. The zero-order valence-corrected chi connectivity index (χ0v) is 11.1. The quantitative estimate of drug-likeness (QED) is 0.585. The maximum absolute atomic E-state index is 5.40. The fraction of sp³-hybridized carbons (Fsp3) is 0.417. The van der Waals surface area contributed by atoms with Crippen molar-refractivity contribution in [2.75, 3.05) is 13.1 Å². The van der Waals surface area contributed by atoms with Crippen LogP contribution in [0.1, 0.15) is 19.4 Å². The lowest BCUT2D eigenvalue weighted by Crippen LogP contribution is -2.26. The van der Waals surface area contributed by atoms with Gasteiger partial charge in [0.2, 0.25) is 0 Å². The van der Waals surface area contributed by atoms with E-state index in [0.29, 0.717) is 0 Å². The second kappa shape index (κ2) is 6.13. The average molecular weight is 239 g/mol. The zero-order valence-electron chi connectivity index (χ0n) is 9.49. The Kier molecular flexibility index (Phi) is 5.12. The van der Waals surface area contributed by atoms with Crippen molar-refractivity contribution >= 4 is 28.3 Å². The summed E-state index contributed by atoms with van der Waals surface area (Å²) in [6.07, 6.45) is 0. The van der Waals surface area contributed by atoms with Crippen LogP contribution in [0.3, 0.4) is 0 Å². The Labute approximate surface area is 102 Å². The summed E-state index contributed by atoms with van der Waals surface area (Å²) >= 11 is 7.09. The summed E-state index contributed by atoms with van der Waals surface area (Å²) in [6.45, 7) is 8.35. The van der Waals surface area contributed by atoms with Gasteiger partial charge in [0.25, 0.3) is 0 Å². The highest BCUT2D eigenvalue weighted by Gasteiger charge is 2.08. The molecule has 0 aromatic heterocycles. The van der Waals surface area contributed by atoms with Crippen LogP contribution in [0.15, 0.2) is 29.2 Å². The Morgan fingerprint density at radius 1 is 1.27 bits per heavy atom. The normalized spacial score (nSPS) is 10.1. The lowest BCUT2D eigenvalue weighted by molar-refractivity contribution is 0.482. The molecular formula is C12H17NS2. The molecule has 0 atom stereocenters. The largest absolute Gasteiger partial charge is 0.358 e. The maximum atomic E-state index is 5.40. The minimum atomic E-state index is 0.967. The van der Waals surface area contributed by atoms with Gasteiger partial charge in [-0.25, -0.2) is 0 Å². The summed E-state index contributed by atoms with van der Waals surface area (Å²) in [5.41, 5.74) is 1.29. The van der Waals surface area contributed by atoms with Gasteiger partial charge in [-0.3, -0.25) is 0 Å². The topological polar surface area (TPSA) is 3.24 Å². The molecule has 15 heavy (non-hydrogen) atoms. The molecule has 0 amide bonds. The third-order valence-corrected chi connectivity index (χ3v) is 3.93. The van der Waals surface area contributed by atoms with Gasteiger partial charge in [0.1, 0.15) is 4.32 Å². The molecule has 1 aromatic rings. The van der Waals surface area contributed by atoms with Crippen LogP contribution in [0.4, 0.5) is 0 Å². The fourth-order valence-electron chi connectivity index (χ4n) is 1.31. The number of rotatable bonds is 3. The smallest absolute Gasteiger partial charge is 0.141 e. The molecule has 82 valence electrons. The van der Waals surface area contributed by atoms with E-state index in [2.05, 4.69) is 49.9 Å². The highest BCUT2D eigenvalue weighted by Crippen LogP contribution is 2.24. The number of thioether (sulfide) groups is 1. The van der Waals surface area contributed by atoms with Crippen molar-refractivity contribution in [3.8, 4) is 0 Å². The number of aryl methyl sites for hydroxylation is 1. The molecule has 1 rings (SSSR count). The molecule has 1 nitrogen and oxygen atoms in total. The van der Waals surface area contributed by atoms with E-state index in [-0.39, 0.29) is 0 Å². The summed E-state index contributed by atoms with van der Waals surface area (Å²) in [6, 6.07) is 8.35. The monoisotopic (exact) mass is 239 g/mol. The van der Waals surface area contributed by atoms with Crippen molar-refractivity contribution in [3.63, 3.8) is 0 Å². The van der Waals surface area contributed by atoms with Gasteiger partial charge in [-0.05, 0) is 32.4 Å². The van der Waals surface area contributed by atoms with Crippen molar-refractivity contribution in [1.82, 2.24) is 4.90 Å². The number of thiocarbonyl (C=S) groups is 1. The molecule has 0 saturated heterocycles. The van der Waals surface area contributed by atoms with Gasteiger partial charge in [0.15, 0.2) is 0 Å². The summed E-state index contributed by atoms with van der Waals surface area (Å²) in [7, 11) is 0. The van der Waals surface area contributed by atoms with Crippen LogP contribution >= 0.6 is 24.0 Å². The van der Waals surface area contributed by atoms with E-state index in [1.54, 1.807) is 11.8 Å². The van der Waals surface area contributed by atoms with Crippen molar-refractivity contribution in [3.05, 3.63) is 29.8 Å². The minimum Gasteiger partial charge on any atom is -0.358 e. The molecule has 0 bridgehead atoms. The summed E-state index contributed by atoms with van der Waals surface area (Å²) < 4.78 is 0.967. The van der Waals surface area contributed by atoms with Crippen molar-refractivity contribution < 1.29 is 0 Å². The second-order valence-electron chi connectivity index (χ2n) is 3.31. The molecule has 0 heterocycles. The van der Waals surface area contributed by atoms with Gasteiger partial charge < -0.3 is 4.90 Å². The van der Waals surface area contributed by atoms with E-state index in [1.165, 1.54) is 10.5 Å². The molecule has 0 saturated carbocycles. The first-order chi connectivity index (χ1) is 7.19. The van der Waals surface area contributed by atoms with Crippen LogP contribution in [0.25, 0.3) is 0 Å². The number of hydrogen-bond acceptors (Lipinski definition) is 2. The molecule has 0 aliphatic carbocycles.